The molecule has 2 N–H and O–H groups in total. The van der Waals surface area contributed by atoms with E-state index in [-0.39, 0.29) is 18.7 Å². The smallest absolute Gasteiger partial charge is 0.317 e. The highest BCUT2D eigenvalue weighted by Crippen LogP contribution is 2.20. The van der Waals surface area contributed by atoms with Crippen molar-refractivity contribution in [3.8, 4) is 0 Å². The Labute approximate surface area is 126 Å². The molecule has 5 heteroatoms. The highest BCUT2D eigenvalue weighted by atomic mass is 16.3. The highest BCUT2D eigenvalue weighted by Gasteiger charge is 2.30. The molecule has 2 unspecified atom stereocenters. The Hall–Kier alpha value is -1.59. The molecule has 1 saturated heterocycles. The first-order chi connectivity index (χ1) is 10.1. The third kappa shape index (κ3) is 4.44. The predicted octanol–water partition coefficient (Wildman–Crippen LogP) is 1.28. The van der Waals surface area contributed by atoms with Gasteiger partial charge in [0, 0.05) is 38.8 Å². The third-order valence-electron chi connectivity index (χ3n) is 4.04. The number of hydrogen-bond donors (Lipinski definition) is 2. The monoisotopic (exact) mass is 291 g/mol. The Morgan fingerprint density at radius 3 is 2.81 bits per heavy atom. The quantitative estimate of drug-likeness (QED) is 0.859. The molecule has 1 aliphatic heterocycles. The number of aliphatic hydroxyl groups excluding tert-OH is 1. The summed E-state index contributed by atoms with van der Waals surface area (Å²) in [7, 11) is 1.70. The first-order valence-electron chi connectivity index (χ1n) is 7.50. The van der Waals surface area contributed by atoms with E-state index in [0.717, 1.165) is 19.5 Å². The molecular weight excluding hydrogens is 266 g/mol. The SMILES string of the molecule is CC1CC(NC(=O)N(C)CCO)CN1Cc1ccccc1. The van der Waals surface area contributed by atoms with Gasteiger partial charge in [-0.2, -0.15) is 0 Å². The van der Waals surface area contributed by atoms with E-state index < -0.39 is 0 Å². The molecule has 0 aliphatic carbocycles. The first kappa shape index (κ1) is 15.8. The minimum absolute atomic E-state index is 0.00881. The van der Waals surface area contributed by atoms with Gasteiger partial charge in [-0.15, -0.1) is 0 Å². The van der Waals surface area contributed by atoms with E-state index >= 15 is 0 Å². The van der Waals surface area contributed by atoms with Gasteiger partial charge in [-0.25, -0.2) is 4.79 Å². The average Bonchev–Trinajstić information content (AvgIpc) is 2.80. The van der Waals surface area contributed by atoms with Gasteiger partial charge in [0.15, 0.2) is 0 Å². The van der Waals surface area contributed by atoms with Crippen LogP contribution in [0.3, 0.4) is 0 Å². The van der Waals surface area contributed by atoms with Crippen LogP contribution in [-0.2, 0) is 6.54 Å². The summed E-state index contributed by atoms with van der Waals surface area (Å²) in [5.41, 5.74) is 1.30. The third-order valence-corrected chi connectivity index (χ3v) is 4.04. The number of likely N-dealkylation sites (tertiary alicyclic amines) is 1. The molecule has 1 fully saturated rings. The molecular formula is C16H25N3O2. The number of carbonyl (C=O) groups is 1. The summed E-state index contributed by atoms with van der Waals surface area (Å²) in [4.78, 5) is 15.9. The minimum Gasteiger partial charge on any atom is -0.395 e. The zero-order chi connectivity index (χ0) is 15.2. The van der Waals surface area contributed by atoms with Crippen molar-refractivity contribution in [2.75, 3.05) is 26.7 Å². The summed E-state index contributed by atoms with van der Waals surface area (Å²) in [6, 6.07) is 10.9. The number of aliphatic hydroxyl groups is 1. The molecule has 0 radical (unpaired) electrons. The zero-order valence-electron chi connectivity index (χ0n) is 12.8. The summed E-state index contributed by atoms with van der Waals surface area (Å²) in [6.07, 6.45) is 0.964. The van der Waals surface area contributed by atoms with Crippen LogP contribution in [0.2, 0.25) is 0 Å². The summed E-state index contributed by atoms with van der Waals surface area (Å²) in [5.74, 6) is 0. The molecule has 0 bridgehead atoms. The van der Waals surface area contributed by atoms with Crippen molar-refractivity contribution < 1.29 is 9.90 Å². The Balaban J connectivity index is 1.85. The standard InChI is InChI=1S/C16H25N3O2/c1-13-10-15(17-16(21)18(2)8-9-20)12-19(13)11-14-6-4-3-5-7-14/h3-7,13,15,20H,8-12H2,1-2H3,(H,17,21). The van der Waals surface area contributed by atoms with Crippen molar-refractivity contribution in [2.24, 2.45) is 0 Å². The van der Waals surface area contributed by atoms with E-state index in [1.807, 2.05) is 6.07 Å². The van der Waals surface area contributed by atoms with Crippen LogP contribution < -0.4 is 5.32 Å². The minimum atomic E-state index is -0.109. The number of likely N-dealkylation sites (N-methyl/N-ethyl adjacent to an activating group) is 1. The van der Waals surface area contributed by atoms with Crippen LogP contribution >= 0.6 is 0 Å². The lowest BCUT2D eigenvalue weighted by Crippen LogP contribution is -2.45. The molecule has 2 rings (SSSR count). The topological polar surface area (TPSA) is 55.8 Å². The molecule has 0 aromatic heterocycles. The van der Waals surface area contributed by atoms with E-state index in [4.69, 9.17) is 5.11 Å². The Bertz CT molecular complexity index is 452. The zero-order valence-corrected chi connectivity index (χ0v) is 12.8. The van der Waals surface area contributed by atoms with Gasteiger partial charge >= 0.3 is 6.03 Å². The number of rotatable bonds is 5. The first-order valence-corrected chi connectivity index (χ1v) is 7.50. The van der Waals surface area contributed by atoms with Gasteiger partial charge in [-0.3, -0.25) is 4.90 Å². The fourth-order valence-electron chi connectivity index (χ4n) is 2.78. The maximum Gasteiger partial charge on any atom is 0.317 e. The Morgan fingerprint density at radius 2 is 2.14 bits per heavy atom. The van der Waals surface area contributed by atoms with Gasteiger partial charge in [0.2, 0.25) is 0 Å². The van der Waals surface area contributed by atoms with Crippen LogP contribution in [0, 0.1) is 0 Å². The molecule has 2 amide bonds. The summed E-state index contributed by atoms with van der Waals surface area (Å²) in [5, 5.41) is 11.9. The highest BCUT2D eigenvalue weighted by molar-refractivity contribution is 5.74. The number of carbonyl (C=O) groups excluding carboxylic acids is 1. The summed E-state index contributed by atoms with van der Waals surface area (Å²) in [6.45, 7) is 4.34. The van der Waals surface area contributed by atoms with E-state index in [1.165, 1.54) is 10.5 Å². The average molecular weight is 291 g/mol. The van der Waals surface area contributed by atoms with Crippen molar-refractivity contribution in [1.29, 1.82) is 0 Å². The maximum absolute atomic E-state index is 11.9. The summed E-state index contributed by atoms with van der Waals surface area (Å²) < 4.78 is 0. The fraction of sp³-hybridized carbons (Fsp3) is 0.562. The number of hydrogen-bond acceptors (Lipinski definition) is 3. The van der Waals surface area contributed by atoms with Gasteiger partial charge < -0.3 is 15.3 Å². The van der Waals surface area contributed by atoms with Gasteiger partial charge in [-0.05, 0) is 18.9 Å². The van der Waals surface area contributed by atoms with E-state index in [9.17, 15) is 4.79 Å². The van der Waals surface area contributed by atoms with Crippen molar-refractivity contribution in [3.63, 3.8) is 0 Å². The van der Waals surface area contributed by atoms with Crippen LogP contribution in [0.4, 0.5) is 4.79 Å². The number of nitrogens with zero attached hydrogens (tertiary/aromatic N) is 2. The van der Waals surface area contributed by atoms with E-state index in [2.05, 4.69) is 41.4 Å². The lowest BCUT2D eigenvalue weighted by atomic mass is 10.2. The van der Waals surface area contributed by atoms with E-state index in [0.29, 0.717) is 12.6 Å². The number of benzene rings is 1. The molecule has 1 aliphatic rings. The fourth-order valence-corrected chi connectivity index (χ4v) is 2.78. The maximum atomic E-state index is 11.9. The van der Waals surface area contributed by atoms with Gasteiger partial charge in [0.05, 0.1) is 6.61 Å². The molecule has 1 aromatic carbocycles. The molecule has 1 aromatic rings. The van der Waals surface area contributed by atoms with Crippen molar-refractivity contribution >= 4 is 6.03 Å². The molecule has 116 valence electrons. The molecule has 0 spiro atoms. The number of urea groups is 1. The number of amides is 2. The van der Waals surface area contributed by atoms with Crippen molar-refractivity contribution in [2.45, 2.75) is 32.0 Å². The van der Waals surface area contributed by atoms with Crippen LogP contribution in [0.1, 0.15) is 18.9 Å². The second-order valence-corrected chi connectivity index (χ2v) is 5.79. The Morgan fingerprint density at radius 1 is 1.43 bits per heavy atom. The molecule has 5 nitrogen and oxygen atoms in total. The lowest BCUT2D eigenvalue weighted by molar-refractivity contribution is 0.186. The van der Waals surface area contributed by atoms with Gasteiger partial charge in [0.1, 0.15) is 0 Å². The second kappa shape index (κ2) is 7.43. The second-order valence-electron chi connectivity index (χ2n) is 5.79. The van der Waals surface area contributed by atoms with Crippen LogP contribution in [0.25, 0.3) is 0 Å². The van der Waals surface area contributed by atoms with E-state index in [1.54, 1.807) is 7.05 Å². The molecule has 21 heavy (non-hydrogen) atoms. The molecule has 0 saturated carbocycles. The van der Waals surface area contributed by atoms with Gasteiger partial charge in [0.25, 0.3) is 0 Å². The van der Waals surface area contributed by atoms with Crippen LogP contribution in [0.5, 0.6) is 0 Å². The van der Waals surface area contributed by atoms with Crippen molar-refractivity contribution in [1.82, 2.24) is 15.1 Å². The normalized spacial score (nSPS) is 22.2. The molecule has 1 heterocycles. The van der Waals surface area contributed by atoms with Gasteiger partial charge in [-0.1, -0.05) is 30.3 Å². The molecule has 2 atom stereocenters. The Kier molecular flexibility index (Phi) is 5.59. The van der Waals surface area contributed by atoms with Crippen LogP contribution in [-0.4, -0.2) is 59.8 Å². The number of nitrogens with one attached hydrogen (secondary N) is 1. The lowest BCUT2D eigenvalue weighted by Gasteiger charge is -2.22. The van der Waals surface area contributed by atoms with Crippen LogP contribution in [0.15, 0.2) is 30.3 Å². The van der Waals surface area contributed by atoms with Crippen molar-refractivity contribution in [3.05, 3.63) is 35.9 Å². The predicted molar refractivity (Wildman–Crippen MR) is 83.0 cm³/mol. The largest absolute Gasteiger partial charge is 0.395 e. The summed E-state index contributed by atoms with van der Waals surface area (Å²) >= 11 is 0.